The summed E-state index contributed by atoms with van der Waals surface area (Å²) in [4.78, 5) is 0. The highest BCUT2D eigenvalue weighted by atomic mass is 35.5. The molecule has 1 atom stereocenters. The first-order valence-electron chi connectivity index (χ1n) is 10.4. The van der Waals surface area contributed by atoms with Gasteiger partial charge in [0, 0.05) is 21.2 Å². The van der Waals surface area contributed by atoms with E-state index < -0.39 is 5.92 Å². The van der Waals surface area contributed by atoms with Gasteiger partial charge >= 0.3 is 0 Å². The number of H-pyrrole nitrogens is 1. The molecule has 0 unspecified atom stereocenters. The lowest BCUT2D eigenvalue weighted by Crippen LogP contribution is -2.21. The second-order valence-electron chi connectivity index (χ2n) is 7.70. The zero-order valence-electron chi connectivity index (χ0n) is 17.8. The summed E-state index contributed by atoms with van der Waals surface area (Å²) in [5.74, 6) is 0.589. The molecule has 3 aromatic carbocycles. The van der Waals surface area contributed by atoms with Crippen molar-refractivity contribution in [1.82, 2.24) is 10.2 Å². The lowest BCUT2D eigenvalue weighted by Gasteiger charge is -2.24. The predicted molar refractivity (Wildman–Crippen MR) is 131 cm³/mol. The molecule has 0 fully saturated rings. The van der Waals surface area contributed by atoms with Gasteiger partial charge in [-0.15, -0.1) is 5.10 Å². The summed E-state index contributed by atoms with van der Waals surface area (Å²) >= 11 is 12.3. The number of ether oxygens (including phenoxy) is 2. The Morgan fingerprint density at radius 2 is 1.76 bits per heavy atom. The molecule has 1 aliphatic rings. The summed E-state index contributed by atoms with van der Waals surface area (Å²) < 4.78 is 11.6. The molecule has 0 saturated carbocycles. The van der Waals surface area contributed by atoms with Gasteiger partial charge in [-0.3, -0.25) is 5.10 Å². The van der Waals surface area contributed by atoms with E-state index in [2.05, 4.69) is 16.3 Å². The summed E-state index contributed by atoms with van der Waals surface area (Å²) in [5, 5.41) is 18.5. The van der Waals surface area contributed by atoms with Crippen LogP contribution in [0.4, 0.5) is 0 Å². The number of aromatic amines is 1. The Morgan fingerprint density at radius 1 is 1.03 bits per heavy atom. The van der Waals surface area contributed by atoms with Gasteiger partial charge in [0.2, 0.25) is 11.8 Å². The normalized spacial score (nSPS) is 14.8. The van der Waals surface area contributed by atoms with Crippen molar-refractivity contribution in [1.29, 1.82) is 5.26 Å². The minimum absolute atomic E-state index is 0.0354. The number of fused-ring (bicyclic) bond motifs is 1. The second-order valence-corrected chi connectivity index (χ2v) is 8.54. The van der Waals surface area contributed by atoms with Crippen LogP contribution in [0, 0.1) is 11.3 Å². The van der Waals surface area contributed by atoms with Crippen molar-refractivity contribution in [3.05, 3.63) is 111 Å². The number of benzene rings is 3. The van der Waals surface area contributed by atoms with Gasteiger partial charge in [-0.05, 0) is 35.9 Å². The van der Waals surface area contributed by atoms with Crippen LogP contribution < -0.4 is 15.2 Å². The quantitative estimate of drug-likeness (QED) is 0.349. The van der Waals surface area contributed by atoms with Crippen molar-refractivity contribution in [3.63, 3.8) is 0 Å². The number of nitrogens with zero attached hydrogens (tertiary/aromatic N) is 2. The van der Waals surface area contributed by atoms with E-state index in [1.807, 2.05) is 60.7 Å². The Morgan fingerprint density at radius 3 is 2.47 bits per heavy atom. The van der Waals surface area contributed by atoms with Crippen LogP contribution in [0.2, 0.25) is 10.0 Å². The molecule has 1 aromatic heterocycles. The Labute approximate surface area is 206 Å². The van der Waals surface area contributed by atoms with E-state index in [1.165, 1.54) is 0 Å². The van der Waals surface area contributed by atoms with Gasteiger partial charge in [0.05, 0.1) is 17.2 Å². The number of halogens is 2. The third-order valence-corrected chi connectivity index (χ3v) is 6.26. The summed E-state index contributed by atoms with van der Waals surface area (Å²) in [6.45, 7) is 0.346. The number of hydrogen-bond donors (Lipinski definition) is 2. The van der Waals surface area contributed by atoms with Crippen LogP contribution >= 0.6 is 23.2 Å². The Bertz CT molecular complexity index is 1420. The van der Waals surface area contributed by atoms with E-state index in [-0.39, 0.29) is 5.88 Å². The molecule has 0 bridgehead atoms. The standard InChI is InChI=1S/C26H18Cl2N4O2/c27-18-9-5-16(6-10-18)24-23-22(20(13-29)25(30)34-26(23)32-31-24)15-7-11-19(12-8-15)33-14-17-3-1-2-4-21(17)28/h1-12,22H,14,30H2,(H,31,32)/t22-/m1/s1. The Hall–Kier alpha value is -3.92. The number of nitriles is 1. The van der Waals surface area contributed by atoms with Crippen LogP contribution in [0.5, 0.6) is 11.6 Å². The lowest BCUT2D eigenvalue weighted by atomic mass is 9.83. The predicted octanol–water partition coefficient (Wildman–Crippen LogP) is 6.18. The van der Waals surface area contributed by atoms with Crippen LogP contribution in [0.3, 0.4) is 0 Å². The maximum absolute atomic E-state index is 9.89. The van der Waals surface area contributed by atoms with E-state index in [1.54, 1.807) is 12.1 Å². The first-order valence-corrected chi connectivity index (χ1v) is 11.2. The van der Waals surface area contributed by atoms with Crippen molar-refractivity contribution in [2.75, 3.05) is 0 Å². The monoisotopic (exact) mass is 488 g/mol. The van der Waals surface area contributed by atoms with Crippen molar-refractivity contribution in [2.45, 2.75) is 12.5 Å². The van der Waals surface area contributed by atoms with Gasteiger partial charge in [0.25, 0.3) is 0 Å². The molecule has 0 radical (unpaired) electrons. The molecule has 6 nitrogen and oxygen atoms in total. The fourth-order valence-corrected chi connectivity index (χ4v) is 4.26. The second kappa shape index (κ2) is 9.14. The number of rotatable bonds is 5. The highest BCUT2D eigenvalue weighted by Gasteiger charge is 2.35. The van der Waals surface area contributed by atoms with Crippen LogP contribution in [0.15, 0.2) is 84.3 Å². The van der Waals surface area contributed by atoms with Crippen molar-refractivity contribution >= 4 is 23.2 Å². The molecule has 0 amide bonds. The Balaban J connectivity index is 1.49. The fourth-order valence-electron chi connectivity index (χ4n) is 3.95. The molecular formula is C26H18Cl2N4O2. The minimum atomic E-state index is -0.462. The Kier molecular flexibility index (Phi) is 5.89. The van der Waals surface area contributed by atoms with E-state index in [0.29, 0.717) is 33.9 Å². The van der Waals surface area contributed by atoms with Gasteiger partial charge in [0.15, 0.2) is 0 Å². The molecule has 0 spiro atoms. The molecule has 3 N–H and O–H groups in total. The van der Waals surface area contributed by atoms with Gasteiger partial charge in [-0.25, -0.2) is 0 Å². The topological polar surface area (TPSA) is 97.0 Å². The van der Waals surface area contributed by atoms with E-state index in [9.17, 15) is 5.26 Å². The molecule has 0 aliphatic carbocycles. The molecule has 0 saturated heterocycles. The zero-order valence-corrected chi connectivity index (χ0v) is 19.3. The van der Waals surface area contributed by atoms with Gasteiger partial charge < -0.3 is 15.2 Å². The van der Waals surface area contributed by atoms with Gasteiger partial charge in [0.1, 0.15) is 24.0 Å². The number of aromatic nitrogens is 2. The van der Waals surface area contributed by atoms with Crippen LogP contribution in [-0.4, -0.2) is 10.2 Å². The first kappa shape index (κ1) is 21.9. The summed E-state index contributed by atoms with van der Waals surface area (Å²) in [6.07, 6.45) is 0. The average molecular weight is 489 g/mol. The molecule has 5 rings (SSSR count). The summed E-state index contributed by atoms with van der Waals surface area (Å²) in [7, 11) is 0. The number of hydrogen-bond acceptors (Lipinski definition) is 5. The summed E-state index contributed by atoms with van der Waals surface area (Å²) in [6, 6.07) is 24.6. The van der Waals surface area contributed by atoms with Gasteiger partial charge in [-0.1, -0.05) is 65.7 Å². The summed E-state index contributed by atoms with van der Waals surface area (Å²) in [5.41, 5.74) is 10.5. The van der Waals surface area contributed by atoms with Crippen LogP contribution in [0.1, 0.15) is 22.6 Å². The van der Waals surface area contributed by atoms with E-state index in [0.717, 1.165) is 27.9 Å². The zero-order chi connectivity index (χ0) is 23.7. The van der Waals surface area contributed by atoms with E-state index in [4.69, 9.17) is 38.4 Å². The molecule has 168 valence electrons. The van der Waals surface area contributed by atoms with Crippen LogP contribution in [0.25, 0.3) is 11.3 Å². The SMILES string of the molecule is N#CC1=C(N)Oc2n[nH]c(-c3ccc(Cl)cc3)c2[C@@H]1c1ccc(OCc2ccccc2Cl)cc1. The molecule has 8 heteroatoms. The maximum atomic E-state index is 9.89. The minimum Gasteiger partial charge on any atom is -0.489 e. The highest BCUT2D eigenvalue weighted by molar-refractivity contribution is 6.31. The molecule has 1 aliphatic heterocycles. The van der Waals surface area contributed by atoms with Gasteiger partial charge in [-0.2, -0.15) is 5.26 Å². The van der Waals surface area contributed by atoms with Crippen molar-refractivity contribution < 1.29 is 9.47 Å². The first-order chi connectivity index (χ1) is 16.5. The van der Waals surface area contributed by atoms with Crippen molar-refractivity contribution in [2.24, 2.45) is 5.73 Å². The molecular weight excluding hydrogens is 471 g/mol. The number of nitrogens with one attached hydrogen (secondary N) is 1. The maximum Gasteiger partial charge on any atom is 0.244 e. The molecule has 4 aromatic rings. The average Bonchev–Trinajstić information content (AvgIpc) is 3.27. The third-order valence-electron chi connectivity index (χ3n) is 5.64. The largest absolute Gasteiger partial charge is 0.489 e. The smallest absolute Gasteiger partial charge is 0.244 e. The number of allylic oxidation sites excluding steroid dienone is 1. The molecule has 34 heavy (non-hydrogen) atoms. The van der Waals surface area contributed by atoms with E-state index >= 15 is 0 Å². The molecule has 2 heterocycles. The number of nitrogens with two attached hydrogens (primary N) is 1. The van der Waals surface area contributed by atoms with Crippen molar-refractivity contribution in [3.8, 4) is 29.0 Å². The highest BCUT2D eigenvalue weighted by Crippen LogP contribution is 2.45. The van der Waals surface area contributed by atoms with Crippen LogP contribution in [-0.2, 0) is 6.61 Å². The lowest BCUT2D eigenvalue weighted by molar-refractivity contribution is 0.306. The third kappa shape index (κ3) is 4.08. The fraction of sp³-hybridized carbons (Fsp3) is 0.0769.